The number of benzene rings is 1. The Balaban J connectivity index is 2.35. The molecule has 1 heterocycles. The van der Waals surface area contributed by atoms with Crippen molar-refractivity contribution in [2.75, 3.05) is 19.5 Å². The molecule has 0 atom stereocenters. The van der Waals surface area contributed by atoms with Gasteiger partial charge in [0.15, 0.2) is 11.6 Å². The maximum absolute atomic E-state index is 13.5. The Labute approximate surface area is 98.5 Å². The number of halogens is 1. The van der Waals surface area contributed by atoms with Crippen molar-refractivity contribution in [1.82, 2.24) is 9.97 Å². The summed E-state index contributed by atoms with van der Waals surface area (Å²) in [6, 6.07) is 4.74. The van der Waals surface area contributed by atoms with Gasteiger partial charge in [-0.3, -0.25) is 0 Å². The first-order valence-corrected chi connectivity index (χ1v) is 5.08. The average Bonchev–Trinajstić information content (AvgIpc) is 2.39. The first-order valence-electron chi connectivity index (χ1n) is 5.08. The number of methoxy groups -OCH3 is 1. The van der Waals surface area contributed by atoms with Gasteiger partial charge in [-0.2, -0.15) is 0 Å². The first-order chi connectivity index (χ1) is 8.24. The van der Waals surface area contributed by atoms with Crippen LogP contribution in [0.3, 0.4) is 0 Å². The fourth-order valence-corrected chi connectivity index (χ4v) is 1.45. The van der Waals surface area contributed by atoms with Gasteiger partial charge in [0.25, 0.3) is 0 Å². The van der Waals surface area contributed by atoms with E-state index in [1.165, 1.54) is 13.2 Å². The summed E-state index contributed by atoms with van der Waals surface area (Å²) in [4.78, 5) is 8.14. The molecule has 88 valence electrons. The lowest BCUT2D eigenvalue weighted by molar-refractivity contribution is 0.386. The van der Waals surface area contributed by atoms with E-state index in [2.05, 4.69) is 15.3 Å². The Morgan fingerprint density at radius 1 is 1.18 bits per heavy atom. The zero-order valence-corrected chi connectivity index (χ0v) is 9.57. The molecule has 0 saturated carbocycles. The molecule has 2 rings (SSSR count). The third-order valence-corrected chi connectivity index (χ3v) is 2.36. The number of aromatic nitrogens is 2. The van der Waals surface area contributed by atoms with E-state index in [9.17, 15) is 4.39 Å². The third-order valence-electron chi connectivity index (χ3n) is 2.36. The number of nitrogens with zero attached hydrogens (tertiary/aromatic N) is 2. The van der Waals surface area contributed by atoms with Gasteiger partial charge in [-0.05, 0) is 17.7 Å². The van der Waals surface area contributed by atoms with Crippen molar-refractivity contribution in [3.05, 3.63) is 36.4 Å². The van der Waals surface area contributed by atoms with Gasteiger partial charge < -0.3 is 10.1 Å². The van der Waals surface area contributed by atoms with Crippen LogP contribution >= 0.6 is 0 Å². The molecule has 1 aromatic carbocycles. The summed E-state index contributed by atoms with van der Waals surface area (Å²) < 4.78 is 18.4. The van der Waals surface area contributed by atoms with Gasteiger partial charge in [0.2, 0.25) is 5.95 Å². The Kier molecular flexibility index (Phi) is 3.18. The number of rotatable bonds is 3. The molecule has 0 aliphatic heterocycles. The lowest BCUT2D eigenvalue weighted by atomic mass is 10.1. The molecule has 2 aromatic rings. The lowest BCUT2D eigenvalue weighted by Gasteiger charge is -2.05. The lowest BCUT2D eigenvalue weighted by Crippen LogP contribution is -1.95. The summed E-state index contributed by atoms with van der Waals surface area (Å²) in [5, 5.41) is 2.82. The summed E-state index contributed by atoms with van der Waals surface area (Å²) in [6.07, 6.45) is 3.28. The second-order valence-corrected chi connectivity index (χ2v) is 3.39. The second kappa shape index (κ2) is 4.78. The third kappa shape index (κ3) is 2.33. The molecule has 4 nitrogen and oxygen atoms in total. The van der Waals surface area contributed by atoms with E-state index in [0.717, 1.165) is 5.56 Å². The quantitative estimate of drug-likeness (QED) is 0.883. The Bertz CT molecular complexity index is 514. The van der Waals surface area contributed by atoms with Crippen LogP contribution in [0, 0.1) is 5.82 Å². The molecule has 1 aromatic heterocycles. The van der Waals surface area contributed by atoms with Crippen LogP contribution in [-0.4, -0.2) is 24.1 Å². The van der Waals surface area contributed by atoms with Crippen LogP contribution in [-0.2, 0) is 0 Å². The molecule has 0 amide bonds. The second-order valence-electron chi connectivity index (χ2n) is 3.39. The molecular formula is C12H12FN3O. The summed E-state index contributed by atoms with van der Waals surface area (Å²) >= 11 is 0. The maximum Gasteiger partial charge on any atom is 0.222 e. The van der Waals surface area contributed by atoms with Crippen molar-refractivity contribution in [2.45, 2.75) is 0 Å². The predicted molar refractivity (Wildman–Crippen MR) is 63.5 cm³/mol. The molecule has 0 bridgehead atoms. The van der Waals surface area contributed by atoms with Crippen molar-refractivity contribution in [3.63, 3.8) is 0 Å². The molecule has 0 aliphatic rings. The zero-order chi connectivity index (χ0) is 12.3. The highest BCUT2D eigenvalue weighted by Crippen LogP contribution is 2.24. The first kappa shape index (κ1) is 11.3. The van der Waals surface area contributed by atoms with Gasteiger partial charge in [-0.25, -0.2) is 14.4 Å². The number of nitrogens with one attached hydrogen (secondary N) is 1. The van der Waals surface area contributed by atoms with E-state index >= 15 is 0 Å². The molecule has 17 heavy (non-hydrogen) atoms. The highest BCUT2D eigenvalue weighted by molar-refractivity contribution is 5.63. The van der Waals surface area contributed by atoms with Crippen LogP contribution in [0.4, 0.5) is 10.3 Å². The SMILES string of the molecule is CNc1ncc(-c2ccc(OC)c(F)c2)cn1. The molecule has 5 heteroatoms. The van der Waals surface area contributed by atoms with Gasteiger partial charge in [-0.15, -0.1) is 0 Å². The molecule has 0 fully saturated rings. The van der Waals surface area contributed by atoms with Crippen molar-refractivity contribution in [1.29, 1.82) is 0 Å². The zero-order valence-electron chi connectivity index (χ0n) is 9.57. The fraction of sp³-hybridized carbons (Fsp3) is 0.167. The van der Waals surface area contributed by atoms with E-state index in [0.29, 0.717) is 11.5 Å². The van der Waals surface area contributed by atoms with E-state index < -0.39 is 5.82 Å². The van der Waals surface area contributed by atoms with E-state index in [4.69, 9.17) is 4.74 Å². The van der Waals surface area contributed by atoms with Crippen LogP contribution in [0.5, 0.6) is 5.75 Å². The van der Waals surface area contributed by atoms with E-state index in [-0.39, 0.29) is 5.75 Å². The van der Waals surface area contributed by atoms with Crippen molar-refractivity contribution in [3.8, 4) is 16.9 Å². The van der Waals surface area contributed by atoms with Crippen molar-refractivity contribution < 1.29 is 9.13 Å². The minimum atomic E-state index is -0.400. The Morgan fingerprint density at radius 3 is 2.41 bits per heavy atom. The molecule has 1 N–H and O–H groups in total. The van der Waals surface area contributed by atoms with Crippen LogP contribution < -0.4 is 10.1 Å². The number of hydrogen-bond acceptors (Lipinski definition) is 4. The van der Waals surface area contributed by atoms with Gasteiger partial charge in [0, 0.05) is 25.0 Å². The Morgan fingerprint density at radius 2 is 1.88 bits per heavy atom. The molecule has 0 unspecified atom stereocenters. The summed E-state index contributed by atoms with van der Waals surface area (Å²) in [6.45, 7) is 0. The fourth-order valence-electron chi connectivity index (χ4n) is 1.45. The molecular weight excluding hydrogens is 221 g/mol. The van der Waals surface area contributed by atoms with E-state index in [1.54, 1.807) is 31.6 Å². The van der Waals surface area contributed by atoms with Gasteiger partial charge in [0.1, 0.15) is 0 Å². The number of anilines is 1. The van der Waals surface area contributed by atoms with Crippen molar-refractivity contribution in [2.24, 2.45) is 0 Å². The highest BCUT2D eigenvalue weighted by atomic mass is 19.1. The molecule has 0 spiro atoms. The Hall–Kier alpha value is -2.17. The number of ether oxygens (including phenoxy) is 1. The standard InChI is InChI=1S/C12H12FN3O/c1-14-12-15-6-9(7-16-12)8-3-4-11(17-2)10(13)5-8/h3-7H,1-2H3,(H,14,15,16). The van der Waals surface area contributed by atoms with Gasteiger partial charge in [0.05, 0.1) is 7.11 Å². The molecule has 0 radical (unpaired) electrons. The smallest absolute Gasteiger partial charge is 0.222 e. The van der Waals surface area contributed by atoms with Crippen molar-refractivity contribution >= 4 is 5.95 Å². The minimum Gasteiger partial charge on any atom is -0.494 e. The van der Waals surface area contributed by atoms with Crippen LogP contribution in [0.15, 0.2) is 30.6 Å². The maximum atomic E-state index is 13.5. The monoisotopic (exact) mass is 233 g/mol. The van der Waals surface area contributed by atoms with Crippen LogP contribution in [0.2, 0.25) is 0 Å². The normalized spacial score (nSPS) is 10.1. The van der Waals surface area contributed by atoms with Gasteiger partial charge >= 0.3 is 0 Å². The van der Waals surface area contributed by atoms with E-state index in [1.807, 2.05) is 0 Å². The predicted octanol–water partition coefficient (Wildman–Crippen LogP) is 2.33. The van der Waals surface area contributed by atoms with Crippen LogP contribution in [0.25, 0.3) is 11.1 Å². The largest absolute Gasteiger partial charge is 0.494 e. The average molecular weight is 233 g/mol. The molecule has 0 saturated heterocycles. The number of hydrogen-bond donors (Lipinski definition) is 1. The summed E-state index contributed by atoms with van der Waals surface area (Å²) in [7, 11) is 3.17. The highest BCUT2D eigenvalue weighted by Gasteiger charge is 2.05. The van der Waals surface area contributed by atoms with Gasteiger partial charge in [-0.1, -0.05) is 6.07 Å². The topological polar surface area (TPSA) is 47.0 Å². The summed E-state index contributed by atoms with van der Waals surface area (Å²) in [5.74, 6) is 0.354. The minimum absolute atomic E-state index is 0.224. The van der Waals surface area contributed by atoms with Crippen LogP contribution in [0.1, 0.15) is 0 Å². The molecule has 0 aliphatic carbocycles. The summed E-state index contributed by atoms with van der Waals surface area (Å²) in [5.41, 5.74) is 1.47.